The minimum Gasteiger partial charge on any atom is -0.501 e. The molecule has 0 atom stereocenters. The zero-order chi connectivity index (χ0) is 77.2. The Hall–Kier alpha value is -10.5. The van der Waals surface area contributed by atoms with Crippen molar-refractivity contribution in [1.82, 2.24) is 29.9 Å². The van der Waals surface area contributed by atoms with Gasteiger partial charge in [-0.15, -0.1) is 162 Å². The zero-order valence-electron chi connectivity index (χ0n) is 65.8. The van der Waals surface area contributed by atoms with Gasteiger partial charge >= 0.3 is 20.1 Å². The second-order valence-corrected chi connectivity index (χ2v) is 27.4. The van der Waals surface area contributed by atoms with E-state index in [-0.39, 0.29) is 40.2 Å². The van der Waals surface area contributed by atoms with E-state index >= 15 is 0 Å². The van der Waals surface area contributed by atoms with Crippen LogP contribution in [-0.4, -0.2) is 54.3 Å². The van der Waals surface area contributed by atoms with Gasteiger partial charge in [0.2, 0.25) is 0 Å². The summed E-state index contributed by atoms with van der Waals surface area (Å²) < 4.78 is 12.2. The van der Waals surface area contributed by atoms with E-state index in [4.69, 9.17) is 29.0 Å². The Bertz CT molecular complexity index is 5010. The molecular weight excluding hydrogens is 1710 g/mol. The fourth-order valence-electron chi connectivity index (χ4n) is 11.9. The summed E-state index contributed by atoms with van der Waals surface area (Å²) in [5, 5.41) is 18.6. The summed E-state index contributed by atoms with van der Waals surface area (Å²) in [5.74, 6) is 1.26. The monoisotopic (exact) mass is 1810 g/mol. The molecular formula is C98H97Ir2N6O4-2. The maximum absolute atomic E-state index is 7.00. The Balaban J connectivity index is 0.000000184. The number of nitrogens with zero attached hydrogens (tertiary/aromatic N) is 6. The molecule has 0 aliphatic carbocycles. The van der Waals surface area contributed by atoms with Crippen molar-refractivity contribution in [3.63, 3.8) is 0 Å². The molecule has 8 aromatic carbocycles. The maximum atomic E-state index is 7.00. The first-order valence-electron chi connectivity index (χ1n) is 36.5. The van der Waals surface area contributed by atoms with Crippen LogP contribution in [0.1, 0.15) is 94.5 Å². The molecule has 0 spiro atoms. The predicted octanol–water partition coefficient (Wildman–Crippen LogP) is 24.0. The van der Waals surface area contributed by atoms with E-state index in [0.29, 0.717) is 11.8 Å². The summed E-state index contributed by atoms with van der Waals surface area (Å²) >= 11 is 0. The Morgan fingerprint density at radius 3 is 0.955 bits per heavy atom. The van der Waals surface area contributed by atoms with Gasteiger partial charge in [-0.05, 0) is 186 Å². The topological polar surface area (TPSA) is 144 Å². The normalized spacial score (nSPS) is 10.4. The van der Waals surface area contributed by atoms with Crippen molar-refractivity contribution in [2.45, 2.75) is 110 Å². The van der Waals surface area contributed by atoms with Gasteiger partial charge in [0, 0.05) is 93.2 Å². The molecule has 563 valence electrons. The van der Waals surface area contributed by atoms with Crippen LogP contribution in [0.25, 0.3) is 111 Å². The molecule has 0 saturated heterocycles. The zero-order valence-corrected chi connectivity index (χ0v) is 70.6. The van der Waals surface area contributed by atoms with Gasteiger partial charge in [0.05, 0.1) is 11.3 Å². The molecule has 0 aliphatic heterocycles. The summed E-state index contributed by atoms with van der Waals surface area (Å²) in [6.07, 6.45) is 13.8. The number of rotatable bonds is 10. The molecule has 12 heteroatoms. The van der Waals surface area contributed by atoms with Gasteiger partial charge in [-0.25, -0.2) is 0 Å². The molecule has 2 N–H and O–H groups in total. The third-order valence-corrected chi connectivity index (χ3v) is 18.4. The average molecular weight is 1810 g/mol. The SMILES string of the molecule is CO.CO.Cc1cc(-c2[c-]ccc3c2oc2ccccc23)ncc1CC(C)C.Cc1cc(-c2cccc3c2oc2ccccc23)ncc1CC(C)C.Cc1cnc(-c2[c-]cccc2)cc1C.Cc1cnc(-c2[c-]cccc2)cc1C.Cc1cnc(-c2[c-]cccc2)cc1C.Cc1cnc(-c2[c-]cccc2)cc1C.[Ir+3].[Ir]. The van der Waals surface area contributed by atoms with E-state index in [1.165, 1.54) is 66.8 Å². The van der Waals surface area contributed by atoms with Gasteiger partial charge in [-0.1, -0.05) is 145 Å². The molecule has 8 aromatic heterocycles. The largest absolute Gasteiger partial charge is 3.00 e. The standard InChI is InChI=1S/C22H21NO.C22H20NO.4C13H12N.2CH4O.2Ir/c2*1-14(2)11-16-13-23-20(12-15(16)3)19-9-6-8-18-17-7-4-5-10-21(17)24-22(18)19;4*1-10-8-13(14-9-11(10)2)12-6-4-3-5-7-12;2*1-2;;/h4-10,12-14H,11H2,1-3H3;4-8,10,12-14H,11H2,1-3H3;4*3-6,8-9H,1-2H3;2*2H,1H3;;/q;5*-1;;;;+3. The molecule has 1 radical (unpaired) electrons. The first-order chi connectivity index (χ1) is 52.3. The van der Waals surface area contributed by atoms with E-state index in [1.54, 1.807) is 0 Å². The van der Waals surface area contributed by atoms with Crippen LogP contribution in [0.4, 0.5) is 0 Å². The van der Waals surface area contributed by atoms with Crippen LogP contribution in [0.2, 0.25) is 0 Å². The van der Waals surface area contributed by atoms with Crippen LogP contribution in [0, 0.1) is 111 Å². The molecule has 0 saturated carbocycles. The molecule has 8 heterocycles. The smallest absolute Gasteiger partial charge is 0.501 e. The fourth-order valence-corrected chi connectivity index (χ4v) is 11.9. The third kappa shape index (κ3) is 23.3. The van der Waals surface area contributed by atoms with Crippen LogP contribution in [0.5, 0.6) is 0 Å². The Kier molecular flexibility index (Phi) is 33.9. The number of aliphatic hydroxyl groups is 2. The predicted molar refractivity (Wildman–Crippen MR) is 448 cm³/mol. The summed E-state index contributed by atoms with van der Waals surface area (Å²) in [5.41, 5.74) is 30.9. The Morgan fingerprint density at radius 2 is 0.609 bits per heavy atom. The number of benzene rings is 8. The summed E-state index contributed by atoms with van der Waals surface area (Å²) in [7, 11) is 2.00. The quantitative estimate of drug-likeness (QED) is 0.127. The van der Waals surface area contributed by atoms with Gasteiger partial charge in [0.15, 0.2) is 0 Å². The van der Waals surface area contributed by atoms with E-state index in [9.17, 15) is 0 Å². The van der Waals surface area contributed by atoms with E-state index in [2.05, 4.69) is 220 Å². The Morgan fingerprint density at radius 1 is 0.300 bits per heavy atom. The van der Waals surface area contributed by atoms with Crippen molar-refractivity contribution < 1.29 is 59.3 Å². The molecule has 0 fully saturated rings. The van der Waals surface area contributed by atoms with Crippen molar-refractivity contribution >= 4 is 43.9 Å². The molecule has 10 nitrogen and oxygen atoms in total. The van der Waals surface area contributed by atoms with Crippen molar-refractivity contribution in [1.29, 1.82) is 0 Å². The van der Waals surface area contributed by atoms with Gasteiger partial charge in [-0.2, -0.15) is 0 Å². The van der Waals surface area contributed by atoms with Gasteiger partial charge in [-0.3, -0.25) is 4.98 Å². The Labute approximate surface area is 678 Å². The summed E-state index contributed by atoms with van der Waals surface area (Å²) in [6, 6.07) is 86.9. The fraction of sp³-hybridized carbons (Fsp3) is 0.204. The number of fused-ring (bicyclic) bond motifs is 6. The molecule has 110 heavy (non-hydrogen) atoms. The van der Waals surface area contributed by atoms with Gasteiger partial charge in [0.25, 0.3) is 0 Å². The minimum absolute atomic E-state index is 0. The first-order valence-corrected chi connectivity index (χ1v) is 36.5. The molecule has 16 rings (SSSR count). The number of aromatic nitrogens is 6. The second kappa shape index (κ2) is 43.0. The summed E-state index contributed by atoms with van der Waals surface area (Å²) in [4.78, 5) is 26.9. The molecule has 16 aromatic rings. The van der Waals surface area contributed by atoms with Crippen molar-refractivity contribution in [3.8, 4) is 67.5 Å². The second-order valence-electron chi connectivity index (χ2n) is 27.4. The van der Waals surface area contributed by atoms with Crippen molar-refractivity contribution in [2.24, 2.45) is 11.8 Å². The maximum Gasteiger partial charge on any atom is 3.00 e. The molecule has 0 aliphatic rings. The van der Waals surface area contributed by atoms with Crippen LogP contribution in [0.15, 0.2) is 258 Å². The van der Waals surface area contributed by atoms with Crippen LogP contribution >= 0.6 is 0 Å². The van der Waals surface area contributed by atoms with Gasteiger partial charge in [0.1, 0.15) is 16.7 Å². The van der Waals surface area contributed by atoms with E-state index in [0.717, 1.165) is 138 Å². The number of hydrogen-bond donors (Lipinski definition) is 2. The molecule has 0 amide bonds. The van der Waals surface area contributed by atoms with Crippen molar-refractivity contribution in [3.05, 3.63) is 347 Å². The van der Waals surface area contributed by atoms with Crippen LogP contribution in [0.3, 0.4) is 0 Å². The average Bonchev–Trinajstić information content (AvgIpc) is 1.62. The van der Waals surface area contributed by atoms with E-state index in [1.807, 2.05) is 177 Å². The number of aryl methyl sites for hydroxylation is 10. The first kappa shape index (κ1) is 86.7. The number of pyridine rings is 6. The molecule has 0 unspecified atom stereocenters. The number of aliphatic hydroxyl groups excluding tert-OH is 2. The number of hydrogen-bond acceptors (Lipinski definition) is 10. The van der Waals surface area contributed by atoms with Gasteiger partial charge < -0.3 is 44.0 Å². The summed E-state index contributed by atoms with van der Waals surface area (Å²) in [6.45, 7) is 29.9. The van der Waals surface area contributed by atoms with E-state index < -0.39 is 0 Å². The molecule has 0 bridgehead atoms. The number of para-hydroxylation sites is 3. The van der Waals surface area contributed by atoms with Crippen LogP contribution < -0.4 is 0 Å². The number of furan rings is 2. The van der Waals surface area contributed by atoms with Crippen LogP contribution in [-0.2, 0) is 53.1 Å². The minimum atomic E-state index is 0. The van der Waals surface area contributed by atoms with Crippen molar-refractivity contribution in [2.75, 3.05) is 14.2 Å². The third-order valence-electron chi connectivity index (χ3n) is 18.4.